The third-order valence-corrected chi connectivity index (χ3v) is 3.58. The number of hydrogen-bond acceptors (Lipinski definition) is 3. The molecule has 0 bridgehead atoms. The second-order valence-corrected chi connectivity index (χ2v) is 5.10. The van der Waals surface area contributed by atoms with Gasteiger partial charge in [0.15, 0.2) is 5.15 Å². The highest BCUT2D eigenvalue weighted by Gasteiger charge is 2.10. The summed E-state index contributed by atoms with van der Waals surface area (Å²) >= 11 is 13.6. The zero-order chi connectivity index (χ0) is 11.5. The fourth-order valence-corrected chi connectivity index (χ4v) is 2.63. The van der Waals surface area contributed by atoms with Crippen molar-refractivity contribution in [2.45, 2.75) is 5.75 Å². The van der Waals surface area contributed by atoms with Gasteiger partial charge in [-0.3, -0.25) is 0 Å². The van der Waals surface area contributed by atoms with E-state index in [1.807, 2.05) is 10.5 Å². The number of halogens is 2. The van der Waals surface area contributed by atoms with Crippen molar-refractivity contribution in [3.63, 3.8) is 0 Å². The number of thioether (sulfide) groups is 1. The van der Waals surface area contributed by atoms with Crippen LogP contribution in [0.15, 0.2) is 18.3 Å². The molecule has 3 nitrogen and oxygen atoms in total. The minimum Gasteiger partial charge on any atom is -0.396 e. The zero-order valence-corrected chi connectivity index (χ0v) is 10.7. The van der Waals surface area contributed by atoms with E-state index in [1.54, 1.807) is 24.0 Å². The molecule has 0 unspecified atom stereocenters. The first kappa shape index (κ1) is 12.0. The summed E-state index contributed by atoms with van der Waals surface area (Å²) < 4.78 is 1.88. The van der Waals surface area contributed by atoms with Crippen LogP contribution in [0, 0.1) is 0 Å². The van der Waals surface area contributed by atoms with Gasteiger partial charge in [0.05, 0.1) is 17.3 Å². The SMILES string of the molecule is OCCSCc1c(Cl)nc2ccc(Cl)cn12. The average Bonchev–Trinajstić information content (AvgIpc) is 2.56. The molecule has 0 aliphatic rings. The van der Waals surface area contributed by atoms with Gasteiger partial charge in [-0.2, -0.15) is 11.8 Å². The van der Waals surface area contributed by atoms with Crippen LogP contribution in [-0.2, 0) is 5.75 Å². The molecule has 0 spiro atoms. The molecule has 2 heterocycles. The molecule has 86 valence electrons. The molecule has 2 aromatic rings. The van der Waals surface area contributed by atoms with Crippen molar-refractivity contribution >= 4 is 40.6 Å². The van der Waals surface area contributed by atoms with Crippen LogP contribution in [0.1, 0.15) is 5.69 Å². The van der Waals surface area contributed by atoms with E-state index in [4.69, 9.17) is 28.3 Å². The predicted molar refractivity (Wildman–Crippen MR) is 68.5 cm³/mol. The van der Waals surface area contributed by atoms with Crippen LogP contribution >= 0.6 is 35.0 Å². The van der Waals surface area contributed by atoms with Crippen LogP contribution in [0.25, 0.3) is 5.65 Å². The summed E-state index contributed by atoms with van der Waals surface area (Å²) in [5.74, 6) is 1.39. The second-order valence-electron chi connectivity index (χ2n) is 3.20. The van der Waals surface area contributed by atoms with E-state index >= 15 is 0 Å². The number of aliphatic hydroxyl groups excluding tert-OH is 1. The van der Waals surface area contributed by atoms with Crippen molar-refractivity contribution in [2.24, 2.45) is 0 Å². The van der Waals surface area contributed by atoms with Crippen LogP contribution in [0.2, 0.25) is 10.2 Å². The highest BCUT2D eigenvalue weighted by molar-refractivity contribution is 7.98. The van der Waals surface area contributed by atoms with E-state index in [0.717, 1.165) is 11.3 Å². The van der Waals surface area contributed by atoms with E-state index in [2.05, 4.69) is 4.98 Å². The predicted octanol–water partition coefficient (Wildman–Crippen LogP) is 2.87. The van der Waals surface area contributed by atoms with Crippen LogP contribution in [0.5, 0.6) is 0 Å². The van der Waals surface area contributed by atoms with Crippen LogP contribution < -0.4 is 0 Å². The Balaban J connectivity index is 2.34. The molecule has 6 heteroatoms. The van der Waals surface area contributed by atoms with Gasteiger partial charge >= 0.3 is 0 Å². The van der Waals surface area contributed by atoms with E-state index in [-0.39, 0.29) is 6.61 Å². The quantitative estimate of drug-likeness (QED) is 0.873. The topological polar surface area (TPSA) is 37.5 Å². The minimum absolute atomic E-state index is 0.166. The summed E-state index contributed by atoms with van der Waals surface area (Å²) in [5, 5.41) is 9.87. The van der Waals surface area contributed by atoms with E-state index in [9.17, 15) is 0 Å². The first-order chi connectivity index (χ1) is 7.72. The van der Waals surface area contributed by atoms with Crippen molar-refractivity contribution in [1.29, 1.82) is 0 Å². The Labute approximate surface area is 107 Å². The van der Waals surface area contributed by atoms with Gasteiger partial charge in [-0.1, -0.05) is 23.2 Å². The van der Waals surface area contributed by atoms with Crippen molar-refractivity contribution in [1.82, 2.24) is 9.38 Å². The molecule has 2 rings (SSSR count). The normalized spacial score (nSPS) is 11.2. The van der Waals surface area contributed by atoms with Crippen molar-refractivity contribution in [3.8, 4) is 0 Å². The third-order valence-electron chi connectivity index (χ3n) is 2.11. The first-order valence-corrected chi connectivity index (χ1v) is 6.64. The van der Waals surface area contributed by atoms with Gasteiger partial charge < -0.3 is 9.51 Å². The summed E-state index contributed by atoms with van der Waals surface area (Å²) in [7, 11) is 0. The summed E-state index contributed by atoms with van der Waals surface area (Å²) in [6.45, 7) is 0.166. The van der Waals surface area contributed by atoms with E-state index in [1.165, 1.54) is 0 Å². The Morgan fingerprint density at radius 2 is 2.19 bits per heavy atom. The fourth-order valence-electron chi connectivity index (χ4n) is 1.40. The number of hydrogen-bond donors (Lipinski definition) is 1. The molecular formula is C10H10Cl2N2OS. The lowest BCUT2D eigenvalue weighted by Gasteiger charge is -2.02. The summed E-state index contributed by atoms with van der Waals surface area (Å²) in [6, 6.07) is 3.61. The van der Waals surface area contributed by atoms with Gasteiger partial charge in [0.1, 0.15) is 5.65 Å². The van der Waals surface area contributed by atoms with Crippen LogP contribution in [0.4, 0.5) is 0 Å². The monoisotopic (exact) mass is 276 g/mol. The third kappa shape index (κ3) is 2.46. The molecule has 0 radical (unpaired) electrons. The Hall–Kier alpha value is -0.420. The van der Waals surface area contributed by atoms with Crippen LogP contribution in [-0.4, -0.2) is 26.9 Å². The molecule has 0 fully saturated rings. The Kier molecular flexibility index (Phi) is 3.97. The lowest BCUT2D eigenvalue weighted by atomic mass is 10.4. The molecule has 0 aliphatic heterocycles. The maximum Gasteiger partial charge on any atom is 0.152 e. The number of pyridine rings is 1. The molecular weight excluding hydrogens is 267 g/mol. The molecule has 1 N–H and O–H groups in total. The standard InChI is InChI=1S/C10H10Cl2N2OS/c11-7-1-2-9-13-10(12)8(14(9)5-7)6-16-4-3-15/h1-2,5,15H,3-4,6H2. The molecule has 0 atom stereocenters. The molecule has 16 heavy (non-hydrogen) atoms. The summed E-state index contributed by atoms with van der Waals surface area (Å²) in [5.41, 5.74) is 1.70. The fraction of sp³-hybridized carbons (Fsp3) is 0.300. The average molecular weight is 277 g/mol. The van der Waals surface area contributed by atoms with Gasteiger partial charge in [0, 0.05) is 17.7 Å². The first-order valence-electron chi connectivity index (χ1n) is 4.73. The zero-order valence-electron chi connectivity index (χ0n) is 8.36. The summed E-state index contributed by atoms with van der Waals surface area (Å²) in [6.07, 6.45) is 1.80. The molecule has 0 aliphatic carbocycles. The number of rotatable bonds is 4. The molecule has 0 saturated heterocycles. The maximum absolute atomic E-state index is 8.72. The maximum atomic E-state index is 8.72. The van der Waals surface area contributed by atoms with Crippen LogP contribution in [0.3, 0.4) is 0 Å². The van der Waals surface area contributed by atoms with Gasteiger partial charge in [0.25, 0.3) is 0 Å². The summed E-state index contributed by atoms with van der Waals surface area (Å²) in [4.78, 5) is 4.23. The van der Waals surface area contributed by atoms with Crippen molar-refractivity contribution in [2.75, 3.05) is 12.4 Å². The Bertz CT molecular complexity index is 501. The largest absolute Gasteiger partial charge is 0.396 e. The highest BCUT2D eigenvalue weighted by Crippen LogP contribution is 2.23. The Morgan fingerprint density at radius 1 is 1.38 bits per heavy atom. The highest BCUT2D eigenvalue weighted by atomic mass is 35.5. The molecule has 0 aromatic carbocycles. The number of aromatic nitrogens is 2. The van der Waals surface area contributed by atoms with Gasteiger partial charge in [-0.25, -0.2) is 4.98 Å². The number of fused-ring (bicyclic) bond motifs is 1. The van der Waals surface area contributed by atoms with Gasteiger partial charge in [-0.05, 0) is 12.1 Å². The molecule has 0 saturated carbocycles. The van der Waals surface area contributed by atoms with Crippen molar-refractivity contribution < 1.29 is 5.11 Å². The number of aliphatic hydroxyl groups is 1. The lowest BCUT2D eigenvalue weighted by molar-refractivity contribution is 0.322. The van der Waals surface area contributed by atoms with E-state index < -0.39 is 0 Å². The Morgan fingerprint density at radius 3 is 2.94 bits per heavy atom. The van der Waals surface area contributed by atoms with Gasteiger partial charge in [-0.15, -0.1) is 0 Å². The molecule has 2 aromatic heterocycles. The lowest BCUT2D eigenvalue weighted by Crippen LogP contribution is -1.93. The second kappa shape index (κ2) is 5.27. The smallest absolute Gasteiger partial charge is 0.152 e. The minimum atomic E-state index is 0.166. The van der Waals surface area contributed by atoms with Crippen molar-refractivity contribution in [3.05, 3.63) is 34.2 Å². The van der Waals surface area contributed by atoms with E-state index in [0.29, 0.717) is 21.7 Å². The molecule has 0 amide bonds. The van der Waals surface area contributed by atoms with Gasteiger partial charge in [0.2, 0.25) is 0 Å². The number of imidazole rings is 1. The number of nitrogens with zero attached hydrogens (tertiary/aromatic N) is 2.